The number of nitrogens with zero attached hydrogens (tertiary/aromatic N) is 1. The zero-order valence-electron chi connectivity index (χ0n) is 14.9. The monoisotopic (exact) mass is 415 g/mol. The van der Waals surface area contributed by atoms with Crippen molar-refractivity contribution in [1.82, 2.24) is 9.97 Å². The van der Waals surface area contributed by atoms with Gasteiger partial charge in [0, 0.05) is 5.69 Å². The number of benzene rings is 2. The van der Waals surface area contributed by atoms with Crippen molar-refractivity contribution in [3.8, 4) is 0 Å². The number of aromatic nitrogens is 2. The van der Waals surface area contributed by atoms with E-state index in [-0.39, 0.29) is 21.7 Å². The number of rotatable bonds is 6. The molecule has 0 saturated carbocycles. The SMILES string of the molecule is Cc1ccc(S(=O)(=O)c2cnc(SCC(=O)Nc3ccccc3)[nH]c2=O)cc1. The normalized spacial score (nSPS) is 11.2. The van der Waals surface area contributed by atoms with Crippen LogP contribution in [-0.2, 0) is 14.6 Å². The minimum absolute atomic E-state index is 0.0158. The van der Waals surface area contributed by atoms with E-state index in [2.05, 4.69) is 15.3 Å². The van der Waals surface area contributed by atoms with E-state index in [1.807, 2.05) is 13.0 Å². The van der Waals surface area contributed by atoms with E-state index in [4.69, 9.17) is 0 Å². The fourth-order valence-electron chi connectivity index (χ4n) is 2.33. The third-order valence-corrected chi connectivity index (χ3v) is 6.41. The van der Waals surface area contributed by atoms with Gasteiger partial charge >= 0.3 is 0 Å². The number of sulfone groups is 1. The Labute approximate surface area is 166 Å². The Bertz CT molecular complexity index is 1140. The molecule has 0 aliphatic carbocycles. The molecule has 1 heterocycles. The van der Waals surface area contributed by atoms with E-state index >= 15 is 0 Å². The van der Waals surface area contributed by atoms with Crippen LogP contribution < -0.4 is 10.9 Å². The molecule has 0 saturated heterocycles. The van der Waals surface area contributed by atoms with Crippen LogP contribution in [0.25, 0.3) is 0 Å². The smallest absolute Gasteiger partial charge is 0.270 e. The zero-order chi connectivity index (χ0) is 20.1. The lowest BCUT2D eigenvalue weighted by molar-refractivity contribution is -0.113. The highest BCUT2D eigenvalue weighted by Crippen LogP contribution is 2.19. The lowest BCUT2D eigenvalue weighted by Crippen LogP contribution is -2.20. The van der Waals surface area contributed by atoms with Crippen LogP contribution >= 0.6 is 11.8 Å². The number of anilines is 1. The van der Waals surface area contributed by atoms with Gasteiger partial charge < -0.3 is 10.3 Å². The molecular weight excluding hydrogens is 398 g/mol. The van der Waals surface area contributed by atoms with E-state index in [0.717, 1.165) is 23.5 Å². The molecule has 0 aliphatic rings. The Morgan fingerprint density at radius 1 is 1.11 bits per heavy atom. The van der Waals surface area contributed by atoms with Crippen LogP contribution in [0.1, 0.15) is 5.56 Å². The maximum Gasteiger partial charge on any atom is 0.270 e. The number of aryl methyl sites for hydroxylation is 1. The van der Waals surface area contributed by atoms with E-state index in [9.17, 15) is 18.0 Å². The van der Waals surface area contributed by atoms with Crippen molar-refractivity contribution in [1.29, 1.82) is 0 Å². The third-order valence-electron chi connectivity index (χ3n) is 3.76. The number of aromatic amines is 1. The molecule has 7 nitrogen and oxygen atoms in total. The van der Waals surface area contributed by atoms with Gasteiger partial charge in [0.1, 0.15) is 0 Å². The average Bonchev–Trinajstić information content (AvgIpc) is 2.67. The summed E-state index contributed by atoms with van der Waals surface area (Å²) in [6, 6.07) is 15.2. The number of carbonyl (C=O) groups is 1. The number of H-pyrrole nitrogens is 1. The molecular formula is C19H17N3O4S2. The van der Waals surface area contributed by atoms with Crippen molar-refractivity contribution in [2.75, 3.05) is 11.1 Å². The van der Waals surface area contributed by atoms with Crippen LogP contribution in [0.3, 0.4) is 0 Å². The molecule has 3 rings (SSSR count). The van der Waals surface area contributed by atoms with Crippen LogP contribution in [0.5, 0.6) is 0 Å². The van der Waals surface area contributed by atoms with Gasteiger partial charge in [0.25, 0.3) is 5.56 Å². The summed E-state index contributed by atoms with van der Waals surface area (Å²) in [6.07, 6.45) is 1.02. The van der Waals surface area contributed by atoms with Gasteiger partial charge in [-0.1, -0.05) is 47.7 Å². The van der Waals surface area contributed by atoms with Crippen LogP contribution in [0.15, 0.2) is 80.5 Å². The molecule has 2 aromatic carbocycles. The summed E-state index contributed by atoms with van der Waals surface area (Å²) in [7, 11) is -3.97. The molecule has 0 atom stereocenters. The fourth-order valence-corrected chi connectivity index (χ4v) is 4.20. The first kappa shape index (κ1) is 19.8. The number of carbonyl (C=O) groups excluding carboxylic acids is 1. The van der Waals surface area contributed by atoms with Crippen molar-refractivity contribution in [3.05, 3.63) is 76.7 Å². The second-order valence-electron chi connectivity index (χ2n) is 5.90. The predicted octanol–water partition coefficient (Wildman–Crippen LogP) is 2.64. The van der Waals surface area contributed by atoms with Gasteiger partial charge in [0.05, 0.1) is 16.8 Å². The maximum absolute atomic E-state index is 12.6. The fraction of sp³-hybridized carbons (Fsp3) is 0.105. The van der Waals surface area contributed by atoms with Crippen LogP contribution in [-0.4, -0.2) is 30.0 Å². The number of thioether (sulfide) groups is 1. The number of nitrogens with one attached hydrogen (secondary N) is 2. The molecule has 0 aliphatic heterocycles. The lowest BCUT2D eigenvalue weighted by atomic mass is 10.2. The summed E-state index contributed by atoms with van der Waals surface area (Å²) >= 11 is 1.01. The molecule has 9 heteroatoms. The molecule has 28 heavy (non-hydrogen) atoms. The topological polar surface area (TPSA) is 109 Å². The molecule has 0 unspecified atom stereocenters. The molecule has 0 fully saturated rings. The van der Waals surface area contributed by atoms with Crippen molar-refractivity contribution in [2.45, 2.75) is 21.9 Å². The van der Waals surface area contributed by atoms with Crippen LogP contribution in [0, 0.1) is 6.92 Å². The highest BCUT2D eigenvalue weighted by Gasteiger charge is 2.22. The quantitative estimate of drug-likeness (QED) is 0.473. The Balaban J connectivity index is 1.71. The Hall–Kier alpha value is -2.91. The third kappa shape index (κ3) is 4.68. The molecule has 1 aromatic heterocycles. The molecule has 144 valence electrons. The second kappa shape index (κ2) is 8.41. The van der Waals surface area contributed by atoms with E-state index < -0.39 is 20.3 Å². The minimum Gasteiger partial charge on any atom is -0.325 e. The van der Waals surface area contributed by atoms with Crippen LogP contribution in [0.2, 0.25) is 0 Å². The highest BCUT2D eigenvalue weighted by molar-refractivity contribution is 7.99. The largest absolute Gasteiger partial charge is 0.325 e. The van der Waals surface area contributed by atoms with Gasteiger partial charge in [0.15, 0.2) is 10.1 Å². The highest BCUT2D eigenvalue weighted by atomic mass is 32.2. The maximum atomic E-state index is 12.6. The zero-order valence-corrected chi connectivity index (χ0v) is 16.5. The summed E-state index contributed by atoms with van der Waals surface area (Å²) in [5.41, 5.74) is 0.794. The molecule has 0 bridgehead atoms. The predicted molar refractivity (Wildman–Crippen MR) is 107 cm³/mol. The number of hydrogen-bond acceptors (Lipinski definition) is 6. The molecule has 0 radical (unpaired) electrons. The summed E-state index contributed by atoms with van der Waals surface area (Å²) in [4.78, 5) is 30.2. The molecule has 2 N–H and O–H groups in total. The Kier molecular flexibility index (Phi) is 5.96. The summed E-state index contributed by atoms with van der Waals surface area (Å²) < 4.78 is 25.2. The number of hydrogen-bond donors (Lipinski definition) is 2. The first-order valence-corrected chi connectivity index (χ1v) is 10.7. The summed E-state index contributed by atoms with van der Waals surface area (Å²) in [5.74, 6) is -0.253. The Morgan fingerprint density at radius 2 is 1.79 bits per heavy atom. The van der Waals surface area contributed by atoms with Crippen molar-refractivity contribution < 1.29 is 13.2 Å². The number of para-hydroxylation sites is 1. The minimum atomic E-state index is -3.97. The van der Waals surface area contributed by atoms with Gasteiger partial charge in [-0.05, 0) is 31.2 Å². The summed E-state index contributed by atoms with van der Waals surface area (Å²) in [6.45, 7) is 1.84. The lowest BCUT2D eigenvalue weighted by Gasteiger charge is -2.06. The van der Waals surface area contributed by atoms with Gasteiger partial charge in [-0.15, -0.1) is 0 Å². The van der Waals surface area contributed by atoms with E-state index in [1.165, 1.54) is 12.1 Å². The summed E-state index contributed by atoms with van der Waals surface area (Å²) in [5, 5.41) is 2.88. The molecule has 0 spiro atoms. The van der Waals surface area contributed by atoms with Gasteiger partial charge in [0.2, 0.25) is 15.7 Å². The second-order valence-corrected chi connectivity index (χ2v) is 8.78. The standard InChI is InChI=1S/C19H17N3O4S2/c1-13-7-9-15(10-8-13)28(25,26)16-11-20-19(22-18(16)24)27-12-17(23)21-14-5-3-2-4-6-14/h2-11H,12H2,1H3,(H,21,23)(H,20,22,24). The Morgan fingerprint density at radius 3 is 2.43 bits per heavy atom. The van der Waals surface area contributed by atoms with Crippen molar-refractivity contribution >= 4 is 33.2 Å². The average molecular weight is 415 g/mol. The number of amides is 1. The first-order chi connectivity index (χ1) is 13.4. The van der Waals surface area contributed by atoms with Gasteiger partial charge in [-0.2, -0.15) is 0 Å². The molecule has 1 amide bonds. The van der Waals surface area contributed by atoms with Crippen LogP contribution in [0.4, 0.5) is 5.69 Å². The molecule has 3 aromatic rings. The van der Waals surface area contributed by atoms with Gasteiger partial charge in [-0.3, -0.25) is 9.59 Å². The van der Waals surface area contributed by atoms with Gasteiger partial charge in [-0.25, -0.2) is 13.4 Å². The first-order valence-electron chi connectivity index (χ1n) is 8.25. The van der Waals surface area contributed by atoms with E-state index in [1.54, 1.807) is 36.4 Å². The van der Waals surface area contributed by atoms with Crippen molar-refractivity contribution in [2.24, 2.45) is 0 Å². The van der Waals surface area contributed by atoms with E-state index in [0.29, 0.717) is 5.69 Å². The van der Waals surface area contributed by atoms with Crippen molar-refractivity contribution in [3.63, 3.8) is 0 Å².